The van der Waals surface area contributed by atoms with E-state index in [9.17, 15) is 0 Å². The van der Waals surface area contributed by atoms with Gasteiger partial charge in [0.05, 0.1) is 0 Å². The van der Waals surface area contributed by atoms with Gasteiger partial charge in [0.2, 0.25) is 0 Å². The normalized spacial score (nSPS) is 59.0. The summed E-state index contributed by atoms with van der Waals surface area (Å²) < 4.78 is 0. The van der Waals surface area contributed by atoms with Gasteiger partial charge in [-0.3, -0.25) is 0 Å². The molecule has 5 aliphatic rings. The second-order valence-corrected chi connectivity index (χ2v) is 6.14. The van der Waals surface area contributed by atoms with Crippen molar-refractivity contribution in [2.75, 3.05) is 0 Å². The molecule has 4 saturated carbocycles. The topological polar surface area (TPSA) is 24.7 Å². The largest absolute Gasteiger partial charge is 0.196 e. The van der Waals surface area contributed by atoms with Crippen LogP contribution < -0.4 is 0 Å². The number of rotatable bonds is 0. The number of nitrogens with zero attached hydrogens (tertiary/aromatic N) is 2. The van der Waals surface area contributed by atoms with Gasteiger partial charge < -0.3 is 0 Å². The van der Waals surface area contributed by atoms with E-state index in [-0.39, 0.29) is 5.66 Å². The third kappa shape index (κ3) is 0.682. The van der Waals surface area contributed by atoms with Crippen LogP contribution in [0.4, 0.5) is 0 Å². The average molecular weight is 176 g/mol. The molecule has 0 saturated heterocycles. The highest BCUT2D eigenvalue weighted by Gasteiger charge is 2.65. The lowest BCUT2D eigenvalue weighted by Gasteiger charge is -2.57. The van der Waals surface area contributed by atoms with E-state index in [0.717, 1.165) is 17.8 Å². The maximum atomic E-state index is 4.39. The fourth-order valence-electron chi connectivity index (χ4n) is 4.74. The zero-order valence-corrected chi connectivity index (χ0v) is 8.16. The van der Waals surface area contributed by atoms with Crippen molar-refractivity contribution in [2.45, 2.75) is 44.7 Å². The number of hydrogen-bond donors (Lipinski definition) is 0. The van der Waals surface area contributed by atoms with Crippen LogP contribution in [0, 0.1) is 23.2 Å². The molecule has 2 heteroatoms. The second kappa shape index (κ2) is 1.71. The molecular weight excluding hydrogens is 160 g/mol. The highest BCUT2D eigenvalue weighted by Crippen LogP contribution is 2.68. The van der Waals surface area contributed by atoms with Crippen LogP contribution in [0.3, 0.4) is 0 Å². The Hall–Kier alpha value is -0.400. The van der Waals surface area contributed by atoms with Crippen molar-refractivity contribution < 1.29 is 0 Å². The van der Waals surface area contributed by atoms with Crippen molar-refractivity contribution in [3.8, 4) is 0 Å². The Bertz CT molecular complexity index is 283. The van der Waals surface area contributed by atoms with Crippen molar-refractivity contribution in [3.63, 3.8) is 0 Å². The van der Waals surface area contributed by atoms with Gasteiger partial charge in [-0.25, -0.2) is 0 Å². The van der Waals surface area contributed by atoms with Gasteiger partial charge in [0.25, 0.3) is 0 Å². The van der Waals surface area contributed by atoms with Crippen LogP contribution in [0.15, 0.2) is 10.2 Å². The highest BCUT2D eigenvalue weighted by atomic mass is 15.5. The predicted molar refractivity (Wildman–Crippen MR) is 49.2 cm³/mol. The van der Waals surface area contributed by atoms with Gasteiger partial charge in [0, 0.05) is 11.8 Å². The van der Waals surface area contributed by atoms with E-state index in [4.69, 9.17) is 0 Å². The molecule has 0 amide bonds. The van der Waals surface area contributed by atoms with Crippen LogP contribution in [0.1, 0.15) is 39.0 Å². The average Bonchev–Trinajstić information content (AvgIpc) is 2.77. The molecule has 2 unspecified atom stereocenters. The maximum absolute atomic E-state index is 4.39. The molecule has 70 valence electrons. The zero-order chi connectivity index (χ0) is 8.68. The first-order valence-electron chi connectivity index (χ1n) is 5.64. The van der Waals surface area contributed by atoms with Crippen molar-refractivity contribution in [1.82, 2.24) is 0 Å². The zero-order valence-electron chi connectivity index (χ0n) is 8.16. The summed E-state index contributed by atoms with van der Waals surface area (Å²) >= 11 is 0. The Labute approximate surface area is 78.8 Å². The highest BCUT2D eigenvalue weighted by molar-refractivity contribution is 5.16. The van der Waals surface area contributed by atoms with Crippen molar-refractivity contribution in [3.05, 3.63) is 0 Å². The fourth-order valence-corrected chi connectivity index (χ4v) is 4.74. The molecule has 1 aliphatic heterocycles. The van der Waals surface area contributed by atoms with Gasteiger partial charge in [-0.05, 0) is 43.4 Å². The van der Waals surface area contributed by atoms with Gasteiger partial charge in [-0.2, -0.15) is 10.2 Å². The van der Waals surface area contributed by atoms with Gasteiger partial charge in [-0.1, -0.05) is 6.92 Å². The van der Waals surface area contributed by atoms with Crippen LogP contribution in [-0.4, -0.2) is 5.66 Å². The van der Waals surface area contributed by atoms with Gasteiger partial charge in [0.15, 0.2) is 5.66 Å². The molecule has 1 spiro atoms. The first-order chi connectivity index (χ1) is 6.20. The Morgan fingerprint density at radius 1 is 1.00 bits per heavy atom. The van der Waals surface area contributed by atoms with Crippen LogP contribution in [0.25, 0.3) is 0 Å². The van der Waals surface area contributed by atoms with E-state index in [1.165, 1.54) is 32.1 Å². The lowest BCUT2D eigenvalue weighted by atomic mass is 9.47. The predicted octanol–water partition coefficient (Wildman–Crippen LogP) is 2.99. The minimum atomic E-state index is 0.177. The van der Waals surface area contributed by atoms with E-state index in [2.05, 4.69) is 17.2 Å². The molecule has 13 heavy (non-hydrogen) atoms. The van der Waals surface area contributed by atoms with Gasteiger partial charge >= 0.3 is 0 Å². The molecule has 4 aliphatic carbocycles. The Kier molecular flexibility index (Phi) is 0.917. The standard InChI is InChI=1S/C11H16N2/c1-10-4-7-2-8(5-10)11(12-13-11)9(3-7)6-10/h7-9H,2-6H2,1H3/t7?,8-,9+,10?. The SMILES string of the molecule is CC12CC3C[C@H](C1)C1(N=N1)[C@@H](C3)C2. The van der Waals surface area contributed by atoms with Gasteiger partial charge in [-0.15, -0.1) is 0 Å². The summed E-state index contributed by atoms with van der Waals surface area (Å²) in [5.74, 6) is 2.70. The lowest BCUT2D eigenvalue weighted by Crippen LogP contribution is -2.54. The number of hydrogen-bond acceptors (Lipinski definition) is 2. The molecular formula is C11H16N2. The summed E-state index contributed by atoms with van der Waals surface area (Å²) in [5, 5.41) is 8.78. The minimum Gasteiger partial charge on any atom is -0.158 e. The van der Waals surface area contributed by atoms with Crippen molar-refractivity contribution in [2.24, 2.45) is 33.4 Å². The first-order valence-corrected chi connectivity index (χ1v) is 5.64. The van der Waals surface area contributed by atoms with Crippen LogP contribution in [0.5, 0.6) is 0 Å². The third-order valence-electron chi connectivity index (χ3n) is 5.03. The van der Waals surface area contributed by atoms with E-state index in [1.54, 1.807) is 0 Å². The molecule has 5 rings (SSSR count). The Morgan fingerprint density at radius 2 is 1.62 bits per heavy atom. The molecule has 0 aromatic heterocycles. The van der Waals surface area contributed by atoms with Crippen LogP contribution in [0.2, 0.25) is 0 Å². The quantitative estimate of drug-likeness (QED) is 0.542. The summed E-state index contributed by atoms with van der Waals surface area (Å²) in [6.45, 7) is 2.49. The summed E-state index contributed by atoms with van der Waals surface area (Å²) in [5.41, 5.74) is 0.853. The molecule has 1 heterocycles. The van der Waals surface area contributed by atoms with Gasteiger partial charge in [0.1, 0.15) is 0 Å². The lowest BCUT2D eigenvalue weighted by molar-refractivity contribution is -0.0733. The second-order valence-electron chi connectivity index (χ2n) is 6.14. The van der Waals surface area contributed by atoms with E-state index in [1.807, 2.05) is 0 Å². The molecule has 0 radical (unpaired) electrons. The minimum absolute atomic E-state index is 0.177. The maximum Gasteiger partial charge on any atom is 0.196 e. The van der Waals surface area contributed by atoms with E-state index < -0.39 is 0 Å². The molecule has 2 nitrogen and oxygen atoms in total. The van der Waals surface area contributed by atoms with Crippen molar-refractivity contribution >= 4 is 0 Å². The Balaban J connectivity index is 1.79. The monoisotopic (exact) mass is 176 g/mol. The first kappa shape index (κ1) is 6.97. The molecule has 0 N–H and O–H groups in total. The summed E-state index contributed by atoms with van der Waals surface area (Å²) in [4.78, 5) is 0. The third-order valence-corrected chi connectivity index (χ3v) is 5.03. The molecule has 4 atom stereocenters. The summed E-state index contributed by atoms with van der Waals surface area (Å²) in [7, 11) is 0. The molecule has 4 bridgehead atoms. The fraction of sp³-hybridized carbons (Fsp3) is 1.00. The van der Waals surface area contributed by atoms with Crippen LogP contribution >= 0.6 is 0 Å². The molecule has 4 fully saturated rings. The smallest absolute Gasteiger partial charge is 0.158 e. The van der Waals surface area contributed by atoms with E-state index in [0.29, 0.717) is 5.41 Å². The van der Waals surface area contributed by atoms with Crippen molar-refractivity contribution in [1.29, 1.82) is 0 Å². The van der Waals surface area contributed by atoms with Crippen LogP contribution in [-0.2, 0) is 0 Å². The molecule has 0 aromatic rings. The summed E-state index contributed by atoms with van der Waals surface area (Å²) in [6, 6.07) is 0. The molecule has 0 aromatic carbocycles. The Morgan fingerprint density at radius 3 is 2.08 bits per heavy atom. The summed E-state index contributed by atoms with van der Waals surface area (Å²) in [6.07, 6.45) is 7.17. The van der Waals surface area contributed by atoms with E-state index >= 15 is 0 Å².